The number of unbranched alkanes of at least 4 members (excludes halogenated alkanes) is 4. The fraction of sp³-hybridized carbons (Fsp3) is 0.698. The van der Waals surface area contributed by atoms with Gasteiger partial charge in [-0.1, -0.05) is 97.1 Å². The number of amides is 8. The van der Waals surface area contributed by atoms with Gasteiger partial charge in [-0.25, -0.2) is 0 Å². The monoisotopic (exact) mass is 1060 g/mol. The Kier molecular flexibility index (Phi) is 30.8. The number of rotatable bonds is 26. The van der Waals surface area contributed by atoms with Gasteiger partial charge in [-0.2, -0.15) is 0 Å². The van der Waals surface area contributed by atoms with E-state index in [1.54, 1.807) is 30.3 Å². The van der Waals surface area contributed by atoms with E-state index in [0.29, 0.717) is 18.4 Å². The predicted molar refractivity (Wildman–Crippen MR) is 283 cm³/mol. The molecule has 75 heavy (non-hydrogen) atoms. The Labute approximate surface area is 442 Å². The molecule has 22 nitrogen and oxygen atoms in total. The number of aliphatic hydroxyl groups excluding tert-OH is 1. The molecule has 0 radical (unpaired) electrons. The molecular formula is C53H89N11O11. The predicted octanol–water partition coefficient (Wildman–Crippen LogP) is -0.0659. The van der Waals surface area contributed by atoms with Crippen LogP contribution in [0.3, 0.4) is 0 Å². The molecular weight excluding hydrogens is 967 g/mol. The zero-order chi connectivity index (χ0) is 56.0. The van der Waals surface area contributed by atoms with Gasteiger partial charge in [-0.15, -0.1) is 0 Å². The van der Waals surface area contributed by atoms with Gasteiger partial charge < -0.3 is 65.3 Å². The van der Waals surface area contributed by atoms with Gasteiger partial charge >= 0.3 is 0 Å². The second-order valence-electron chi connectivity index (χ2n) is 20.7. The summed E-state index contributed by atoms with van der Waals surface area (Å²) in [7, 11) is 0. The summed E-state index contributed by atoms with van der Waals surface area (Å²) < 4.78 is 0. The Hall–Kier alpha value is -5.84. The maximum absolute atomic E-state index is 14.5. The topological polar surface area (TPSA) is 379 Å². The zero-order valence-electron chi connectivity index (χ0n) is 44.9. The Morgan fingerprint density at radius 3 is 1.68 bits per heavy atom. The summed E-state index contributed by atoms with van der Waals surface area (Å²) in [5, 5.41) is 29.4. The van der Waals surface area contributed by atoms with Crippen molar-refractivity contribution in [1.29, 1.82) is 0 Å². The van der Waals surface area contributed by atoms with Gasteiger partial charge in [0.1, 0.15) is 24.2 Å². The molecule has 8 amide bonds. The van der Waals surface area contributed by atoms with Crippen molar-refractivity contribution in [2.45, 2.75) is 186 Å². The van der Waals surface area contributed by atoms with Gasteiger partial charge in [-0.05, 0) is 88.4 Å². The second-order valence-corrected chi connectivity index (χ2v) is 20.7. The van der Waals surface area contributed by atoms with Crippen LogP contribution in [0.15, 0.2) is 30.3 Å². The average Bonchev–Trinajstić information content (AvgIpc) is 3.34. The number of hydrogen-bond acceptors (Lipinski definition) is 14. The van der Waals surface area contributed by atoms with Crippen LogP contribution in [0, 0.1) is 23.7 Å². The Morgan fingerprint density at radius 1 is 0.640 bits per heavy atom. The summed E-state index contributed by atoms with van der Waals surface area (Å²) in [5.41, 5.74) is 24.0. The lowest BCUT2D eigenvalue weighted by atomic mass is 9.89. The van der Waals surface area contributed by atoms with Crippen LogP contribution < -0.4 is 60.2 Å². The van der Waals surface area contributed by atoms with Crippen molar-refractivity contribution in [3.63, 3.8) is 0 Å². The van der Waals surface area contributed by atoms with E-state index in [1.807, 2.05) is 27.7 Å². The molecule has 1 fully saturated rings. The lowest BCUT2D eigenvalue weighted by Gasteiger charge is -2.28. The number of Topliss-reactive ketones (excluding diaryl/α,β-unsaturated/α-hetero) is 2. The number of ketones is 2. The van der Waals surface area contributed by atoms with Crippen molar-refractivity contribution in [2.75, 3.05) is 26.2 Å². The van der Waals surface area contributed by atoms with E-state index in [9.17, 15) is 53.1 Å². The highest BCUT2D eigenvalue weighted by molar-refractivity contribution is 5.98. The summed E-state index contributed by atoms with van der Waals surface area (Å²) in [5.74, 6) is -10.1. The van der Waals surface area contributed by atoms with Gasteiger partial charge in [0.25, 0.3) is 0 Å². The first-order chi connectivity index (χ1) is 35.6. The standard InChI is InChI=1S/C53H89N11O11/c1-6-7-8-9-13-16-37(65)30-47(69)59-41(31-46(57)68)45(67)28-35-20-24-58-50(72)42(25-32(2)3)64-52(74)40(19-23-56)61-51(73)39(18-22-55)62-53(75)43(26-33(4)5)63-49(71)36(27-34-14-11-10-12-15-34)29-44(66)38(17-21-54)60-48(35)70/h10-12,14-15,32-33,35-43,65H,6-9,13,16-31,54-56H2,1-5H3,(H2,57,68)(H,58,72)(H,59,69)(H,60,70)(H,61,73)(H,62,75)(H,63,71)(H,64,74)/t35-,36+,37-,38+,39+,40+,41-,42+,43+/m1/s1. The molecule has 0 aromatic heterocycles. The Balaban J connectivity index is 2.71. The molecule has 0 bridgehead atoms. The summed E-state index contributed by atoms with van der Waals surface area (Å²) in [6.45, 7) is 8.95. The van der Waals surface area contributed by atoms with Crippen LogP contribution in [0.5, 0.6) is 0 Å². The van der Waals surface area contributed by atoms with E-state index in [-0.39, 0.29) is 89.4 Å². The quantitative estimate of drug-likeness (QED) is 0.0541. The van der Waals surface area contributed by atoms with Gasteiger partial charge in [0.15, 0.2) is 11.6 Å². The molecule has 0 saturated carbocycles. The van der Waals surface area contributed by atoms with Crippen molar-refractivity contribution < 1.29 is 53.1 Å². The SMILES string of the molecule is CCCCCCC[C@@H](O)CC(=O)N[C@H](CC(N)=O)C(=O)C[C@H]1CCNC(=O)[C@H](CC(C)C)NC(=O)[C@H](CCN)NC(=O)[C@H](CCN)NC(=O)[C@H](CC(C)C)NC(=O)[C@@H](Cc2ccccc2)CC(=O)[C@H](CCN)NC1=O. The number of carbonyl (C=O) groups is 10. The first-order valence-corrected chi connectivity index (χ1v) is 26.9. The van der Waals surface area contributed by atoms with E-state index in [2.05, 4.69) is 44.1 Å². The Morgan fingerprint density at radius 2 is 1.13 bits per heavy atom. The minimum Gasteiger partial charge on any atom is -0.393 e. The number of hydrogen-bond donors (Lipinski definition) is 12. The zero-order valence-corrected chi connectivity index (χ0v) is 44.9. The maximum atomic E-state index is 14.5. The molecule has 0 unspecified atom stereocenters. The van der Waals surface area contributed by atoms with Crippen molar-refractivity contribution >= 4 is 58.8 Å². The summed E-state index contributed by atoms with van der Waals surface area (Å²) >= 11 is 0. The van der Waals surface area contributed by atoms with Gasteiger partial charge in [-0.3, -0.25) is 47.9 Å². The van der Waals surface area contributed by atoms with Gasteiger partial charge in [0.2, 0.25) is 47.3 Å². The van der Waals surface area contributed by atoms with Gasteiger partial charge in [0.05, 0.1) is 31.0 Å². The highest BCUT2D eigenvalue weighted by Gasteiger charge is 2.36. The summed E-state index contributed by atoms with van der Waals surface area (Å²) in [6, 6.07) is 1.17. The normalized spacial score (nSPS) is 23.0. The third kappa shape index (κ3) is 25.5. The van der Waals surface area contributed by atoms with Crippen molar-refractivity contribution in [2.24, 2.45) is 46.6 Å². The molecule has 1 aromatic carbocycles. The van der Waals surface area contributed by atoms with Gasteiger partial charge in [0, 0.05) is 31.2 Å². The van der Waals surface area contributed by atoms with E-state index in [0.717, 1.165) is 25.7 Å². The van der Waals surface area contributed by atoms with Crippen LogP contribution in [-0.2, 0) is 54.4 Å². The lowest BCUT2D eigenvalue weighted by molar-refractivity contribution is -0.136. The first kappa shape index (κ1) is 65.3. The van der Waals surface area contributed by atoms with Crippen molar-refractivity contribution in [3.05, 3.63) is 35.9 Å². The number of nitrogens with two attached hydrogens (primary N) is 4. The van der Waals surface area contributed by atoms with Crippen molar-refractivity contribution in [1.82, 2.24) is 37.2 Å². The van der Waals surface area contributed by atoms with Crippen LogP contribution in [0.1, 0.15) is 143 Å². The molecule has 1 aromatic rings. The molecule has 16 N–H and O–H groups in total. The van der Waals surface area contributed by atoms with Crippen LogP contribution in [0.25, 0.3) is 0 Å². The minimum atomic E-state index is -1.49. The molecule has 2 rings (SSSR count). The molecule has 1 saturated heterocycles. The van der Waals surface area contributed by atoms with Crippen molar-refractivity contribution in [3.8, 4) is 0 Å². The second kappa shape index (κ2) is 35.4. The molecule has 1 heterocycles. The Bertz CT molecular complexity index is 2010. The first-order valence-electron chi connectivity index (χ1n) is 26.9. The number of primary amides is 1. The number of benzene rings is 1. The van der Waals surface area contributed by atoms with Crippen LogP contribution >= 0.6 is 0 Å². The van der Waals surface area contributed by atoms with E-state index < -0.39 is 132 Å². The highest BCUT2D eigenvalue weighted by Crippen LogP contribution is 2.20. The number of carbonyl (C=O) groups excluding carboxylic acids is 10. The molecule has 0 aliphatic carbocycles. The molecule has 1 aliphatic heterocycles. The third-order valence-corrected chi connectivity index (χ3v) is 13.0. The average molecular weight is 1060 g/mol. The largest absolute Gasteiger partial charge is 0.393 e. The highest BCUT2D eigenvalue weighted by atomic mass is 16.3. The minimum absolute atomic E-state index is 0.0398. The van der Waals surface area contributed by atoms with E-state index >= 15 is 0 Å². The summed E-state index contributed by atoms with van der Waals surface area (Å²) in [4.78, 5) is 139. The number of nitrogens with one attached hydrogen (secondary N) is 7. The van der Waals surface area contributed by atoms with Crippen LogP contribution in [0.2, 0.25) is 0 Å². The molecule has 22 heteroatoms. The third-order valence-electron chi connectivity index (χ3n) is 13.0. The van der Waals surface area contributed by atoms with Crippen LogP contribution in [-0.4, -0.2) is 132 Å². The molecule has 1 aliphatic rings. The molecule has 422 valence electrons. The van der Waals surface area contributed by atoms with Crippen LogP contribution in [0.4, 0.5) is 0 Å². The van der Waals surface area contributed by atoms with E-state index in [1.165, 1.54) is 0 Å². The molecule has 9 atom stereocenters. The smallest absolute Gasteiger partial charge is 0.243 e. The lowest BCUT2D eigenvalue weighted by Crippen LogP contribution is -2.59. The van der Waals surface area contributed by atoms with E-state index in [4.69, 9.17) is 22.9 Å². The number of aliphatic hydroxyl groups is 1. The maximum Gasteiger partial charge on any atom is 0.243 e. The summed E-state index contributed by atoms with van der Waals surface area (Å²) in [6.07, 6.45) is 1.80. The molecule has 0 spiro atoms. The fourth-order valence-electron chi connectivity index (χ4n) is 8.90. The fourth-order valence-corrected chi connectivity index (χ4v) is 8.90.